The number of pyridine rings is 2. The lowest BCUT2D eigenvalue weighted by molar-refractivity contribution is -0.153. The summed E-state index contributed by atoms with van der Waals surface area (Å²) in [6, 6.07) is 15.7. The van der Waals surface area contributed by atoms with Crippen LogP contribution in [0.3, 0.4) is 0 Å². The van der Waals surface area contributed by atoms with E-state index in [4.69, 9.17) is 24.4 Å². The largest absolute Gasteiger partial charge is 0.481 e. The predicted octanol–water partition coefficient (Wildman–Crippen LogP) is 4.60. The summed E-state index contributed by atoms with van der Waals surface area (Å²) < 4.78 is 49.4. The topological polar surface area (TPSA) is 318 Å². The van der Waals surface area contributed by atoms with E-state index in [1.54, 1.807) is 58.3 Å². The van der Waals surface area contributed by atoms with E-state index in [1.165, 1.54) is 65.9 Å². The number of hydrogen-bond acceptors (Lipinski definition) is 21. The number of carboxylic acids is 1. The zero-order valence-electron chi connectivity index (χ0n) is 44.4. The number of aliphatic hydroxyl groups is 1. The minimum atomic E-state index is -1.14. The Balaban J connectivity index is 0.000000213. The normalized spacial score (nSPS) is 17.3. The van der Waals surface area contributed by atoms with E-state index in [1.807, 2.05) is 0 Å². The number of aromatic nitrogens is 2. The van der Waals surface area contributed by atoms with Crippen LogP contribution in [0.1, 0.15) is 65.2 Å². The van der Waals surface area contributed by atoms with E-state index in [-0.39, 0.29) is 62.4 Å². The van der Waals surface area contributed by atoms with E-state index < -0.39 is 84.9 Å². The van der Waals surface area contributed by atoms with Crippen molar-refractivity contribution in [2.45, 2.75) is 77.4 Å². The Kier molecular flexibility index (Phi) is 20.5. The number of aliphatic carboxylic acids is 1. The van der Waals surface area contributed by atoms with E-state index in [0.29, 0.717) is 85.0 Å². The van der Waals surface area contributed by atoms with Gasteiger partial charge in [-0.05, 0) is 87.4 Å². The summed E-state index contributed by atoms with van der Waals surface area (Å²) in [5.74, 6) is -3.69. The first kappa shape index (κ1) is 60.0. The molecule has 2 aromatic heterocycles. The highest BCUT2D eigenvalue weighted by atomic mass is 19.1. The van der Waals surface area contributed by atoms with Crippen molar-refractivity contribution in [1.82, 2.24) is 20.0 Å². The molecule has 82 heavy (non-hydrogen) atoms. The number of cyclic esters (lactones) is 4. The van der Waals surface area contributed by atoms with Gasteiger partial charge in [-0.15, -0.1) is 0 Å². The number of hydrazone groups is 2. The lowest BCUT2D eigenvalue weighted by Crippen LogP contribution is -2.42. The highest BCUT2D eigenvalue weighted by Gasteiger charge is 2.34. The molecule has 4 amide bonds. The van der Waals surface area contributed by atoms with Gasteiger partial charge in [0.2, 0.25) is 0 Å². The molecule has 28 heteroatoms. The fourth-order valence-electron chi connectivity index (χ4n) is 8.36. The maximum absolute atomic E-state index is 15.1. The van der Waals surface area contributed by atoms with Gasteiger partial charge in [0, 0.05) is 60.6 Å². The molecule has 0 spiro atoms. The molecule has 2 aromatic carbocycles. The summed E-state index contributed by atoms with van der Waals surface area (Å²) in [5, 5.41) is 27.9. The molecule has 3 saturated heterocycles. The second-order valence-electron chi connectivity index (χ2n) is 18.8. The number of anilines is 4. The molecule has 9 rings (SSSR count). The number of esters is 3. The number of ketones is 2. The maximum atomic E-state index is 15.1. The summed E-state index contributed by atoms with van der Waals surface area (Å²) >= 11 is 0. The SMILES string of the molecule is CC(=O)CC[C@H]1CN(c2ccc(-c3ccc(N4C=NN(C(=O)CO)CC4)nc3)c(F)c2)C(=O)O1.CC(=O)CC[C@H]1CN(c2ccc(-c3ccc(N4C=NN(C(=O)COC(=O)CCC(=O)O)CC4)nc3)c(F)c2)C(=O)O1.O=C1CCC(=O)O1. The molecule has 5 aliphatic rings. The number of benzene rings is 2. The minimum absolute atomic E-state index is 0.00584. The van der Waals surface area contributed by atoms with Crippen molar-refractivity contribution in [2.24, 2.45) is 10.2 Å². The Morgan fingerprint density at radius 1 is 0.622 bits per heavy atom. The Labute approximate surface area is 466 Å². The summed E-state index contributed by atoms with van der Waals surface area (Å²) in [4.78, 5) is 127. The van der Waals surface area contributed by atoms with E-state index >= 15 is 4.39 Å². The number of halogens is 2. The van der Waals surface area contributed by atoms with Crippen LogP contribution in [0.15, 0.2) is 83.3 Å². The van der Waals surface area contributed by atoms with E-state index in [9.17, 15) is 52.3 Å². The van der Waals surface area contributed by atoms with Crippen molar-refractivity contribution in [3.8, 4) is 22.3 Å². The molecular formula is C54H56F2N10O16. The summed E-state index contributed by atoms with van der Waals surface area (Å²) in [6.07, 6.45) is 5.20. The molecule has 2 N–H and O–H groups in total. The minimum Gasteiger partial charge on any atom is -0.481 e. The number of carboxylic acid groups (broad SMARTS) is 1. The summed E-state index contributed by atoms with van der Waals surface area (Å²) in [7, 11) is 0. The van der Waals surface area contributed by atoms with Gasteiger partial charge in [0.1, 0.15) is 66.3 Å². The lowest BCUT2D eigenvalue weighted by atomic mass is 10.1. The molecule has 26 nitrogen and oxygen atoms in total. The number of nitrogens with zero attached hydrogens (tertiary/aromatic N) is 10. The molecular weight excluding hydrogens is 1080 g/mol. The second kappa shape index (κ2) is 28.0. The van der Waals surface area contributed by atoms with Crippen molar-refractivity contribution in [1.29, 1.82) is 0 Å². The number of carbonyl (C=O) groups is 10. The number of carbonyl (C=O) groups excluding carboxylic acids is 9. The highest BCUT2D eigenvalue weighted by molar-refractivity contribution is 5.93. The Bertz CT molecular complexity index is 3130. The van der Waals surface area contributed by atoms with Gasteiger partial charge in [0.05, 0.1) is 63.2 Å². The lowest BCUT2D eigenvalue weighted by Gasteiger charge is -2.27. The van der Waals surface area contributed by atoms with Crippen molar-refractivity contribution in [3.63, 3.8) is 0 Å². The molecule has 432 valence electrons. The van der Waals surface area contributed by atoms with E-state index in [2.05, 4.69) is 24.9 Å². The highest BCUT2D eigenvalue weighted by Crippen LogP contribution is 2.32. The predicted molar refractivity (Wildman–Crippen MR) is 285 cm³/mol. The fraction of sp³-hybridized carbons (Fsp3) is 0.370. The van der Waals surface area contributed by atoms with Crippen LogP contribution in [0.25, 0.3) is 22.3 Å². The van der Waals surface area contributed by atoms with Crippen LogP contribution >= 0.6 is 0 Å². The Hall–Kier alpha value is -9.60. The van der Waals surface area contributed by atoms with Crippen LogP contribution in [0, 0.1) is 11.6 Å². The average Bonchev–Trinajstić information content (AvgIpc) is 4.31. The third-order valence-corrected chi connectivity index (χ3v) is 12.8. The third-order valence-electron chi connectivity index (χ3n) is 12.8. The molecule has 0 saturated carbocycles. The van der Waals surface area contributed by atoms with Gasteiger partial charge in [-0.1, -0.05) is 0 Å². The molecule has 7 heterocycles. The average molecular weight is 1140 g/mol. The van der Waals surface area contributed by atoms with Gasteiger partial charge >= 0.3 is 36.1 Å². The second-order valence-corrected chi connectivity index (χ2v) is 18.8. The first-order chi connectivity index (χ1) is 39.2. The molecule has 0 aliphatic carbocycles. The van der Waals surface area contributed by atoms with Gasteiger partial charge in [-0.3, -0.25) is 38.6 Å². The van der Waals surface area contributed by atoms with Crippen LogP contribution in [0.5, 0.6) is 0 Å². The van der Waals surface area contributed by atoms with Crippen molar-refractivity contribution in [3.05, 3.63) is 84.7 Å². The zero-order chi connectivity index (χ0) is 59.0. The quantitative estimate of drug-likeness (QED) is 0.0781. The summed E-state index contributed by atoms with van der Waals surface area (Å²) in [6.45, 7) is 3.60. The van der Waals surface area contributed by atoms with Gasteiger partial charge in [-0.25, -0.2) is 38.4 Å². The summed E-state index contributed by atoms with van der Waals surface area (Å²) in [5.41, 5.74) is 2.42. The standard InChI is InChI=1S/C27H28FN5O8.C23H24FN5O5.C4H4O3/c1-17(34)2-5-20-14-32(27(39)41-20)19-4-6-21(22(28)12-19)18-3-7-23(29-13-18)31-10-11-33(30-16-31)24(35)15-40-26(38)9-8-25(36)37;1-15(31)2-5-18-12-28(23(33)34-18)17-4-6-19(20(24)10-17)16-3-7-21(25-11-16)27-8-9-29(26-14-27)22(32)13-30;5-3-1-2-4(6)7-3/h3-4,6-7,12-13,16,20H,2,5,8-11,14-15H2,1H3,(H,36,37);3-4,6-7,10-11,14,18,30H,2,5,8-9,12-13H2,1H3;1-2H2/t20-;18-;/m00./s1. The third kappa shape index (κ3) is 16.5. The molecule has 5 aliphatic heterocycles. The number of ether oxygens (including phenoxy) is 4. The van der Waals surface area contributed by atoms with Gasteiger partial charge < -0.3 is 48.5 Å². The van der Waals surface area contributed by atoms with Crippen molar-refractivity contribution < 1.29 is 85.9 Å². The molecule has 0 radical (unpaired) electrons. The van der Waals surface area contributed by atoms with Crippen LogP contribution in [-0.2, 0) is 57.3 Å². The fourth-order valence-corrected chi connectivity index (χ4v) is 8.36. The monoisotopic (exact) mass is 1140 g/mol. The Morgan fingerprint density at radius 3 is 1.44 bits per heavy atom. The number of amides is 4. The van der Waals surface area contributed by atoms with Crippen LogP contribution in [-0.4, -0.2) is 167 Å². The molecule has 0 unspecified atom stereocenters. The number of hydrogen-bond donors (Lipinski definition) is 2. The van der Waals surface area contributed by atoms with Gasteiger partial charge in [-0.2, -0.15) is 10.2 Å². The Morgan fingerprint density at radius 2 is 1.09 bits per heavy atom. The molecule has 4 aromatic rings. The zero-order valence-corrected chi connectivity index (χ0v) is 44.4. The van der Waals surface area contributed by atoms with Crippen LogP contribution < -0.4 is 19.6 Å². The van der Waals surface area contributed by atoms with Crippen LogP contribution in [0.4, 0.5) is 41.4 Å². The van der Waals surface area contributed by atoms with E-state index in [0.717, 1.165) is 5.01 Å². The molecule has 2 atom stereocenters. The molecule has 3 fully saturated rings. The van der Waals surface area contributed by atoms with Gasteiger partial charge in [0.15, 0.2) is 6.61 Å². The van der Waals surface area contributed by atoms with Gasteiger partial charge in [0.25, 0.3) is 11.8 Å². The smallest absolute Gasteiger partial charge is 0.414 e. The number of aliphatic hydroxyl groups excluding tert-OH is 1. The maximum Gasteiger partial charge on any atom is 0.414 e. The molecule has 0 bridgehead atoms. The first-order valence-corrected chi connectivity index (χ1v) is 25.7. The first-order valence-electron chi connectivity index (χ1n) is 25.7. The number of rotatable bonds is 18. The van der Waals surface area contributed by atoms with Crippen molar-refractivity contribution >= 4 is 95.1 Å². The number of Topliss-reactive ketones (excluding diaryl/α,β-unsaturated/α-hetero) is 2. The van der Waals surface area contributed by atoms with Crippen molar-refractivity contribution in [2.75, 3.05) is 72.1 Å². The van der Waals surface area contributed by atoms with Crippen LogP contribution in [0.2, 0.25) is 0 Å².